The first-order valence-corrected chi connectivity index (χ1v) is 8.07. The third-order valence-electron chi connectivity index (χ3n) is 3.87. The van der Waals surface area contributed by atoms with Crippen molar-refractivity contribution in [2.75, 3.05) is 17.3 Å². The molecule has 0 saturated carbocycles. The number of hydrogen-bond donors (Lipinski definition) is 1. The summed E-state index contributed by atoms with van der Waals surface area (Å²) in [5.74, 6) is 1.60. The average molecular weight is 332 g/mol. The molecule has 126 valence electrons. The molecule has 3 rings (SSSR count). The van der Waals surface area contributed by atoms with Gasteiger partial charge in [0.2, 0.25) is 0 Å². The highest BCUT2D eigenvalue weighted by atomic mass is 16.1. The lowest BCUT2D eigenvalue weighted by molar-refractivity contribution is 0.101. The Labute approximate surface area is 147 Å². The molecule has 0 aliphatic heterocycles. The minimum atomic E-state index is 0.0541. The van der Waals surface area contributed by atoms with Crippen LogP contribution in [-0.2, 0) is 6.54 Å². The Morgan fingerprint density at radius 3 is 2.44 bits per heavy atom. The summed E-state index contributed by atoms with van der Waals surface area (Å²) in [6.45, 7) is 2.33. The van der Waals surface area contributed by atoms with E-state index < -0.39 is 0 Å². The lowest BCUT2D eigenvalue weighted by Crippen LogP contribution is -2.17. The summed E-state index contributed by atoms with van der Waals surface area (Å²) >= 11 is 0. The minimum absolute atomic E-state index is 0.0541. The molecular weight excluding hydrogens is 312 g/mol. The normalized spacial score (nSPS) is 10.3. The van der Waals surface area contributed by atoms with Crippen molar-refractivity contribution in [3.05, 3.63) is 78.1 Å². The zero-order chi connectivity index (χ0) is 17.6. The van der Waals surface area contributed by atoms with Gasteiger partial charge in [-0.2, -0.15) is 0 Å². The third kappa shape index (κ3) is 4.41. The summed E-state index contributed by atoms with van der Waals surface area (Å²) in [7, 11) is 2.00. The van der Waals surface area contributed by atoms with Crippen LogP contribution in [0.4, 0.5) is 17.3 Å². The molecule has 0 spiro atoms. The molecule has 1 heterocycles. The van der Waals surface area contributed by atoms with Gasteiger partial charge in [-0.1, -0.05) is 30.3 Å². The fraction of sp³-hybridized carbons (Fsp3) is 0.150. The van der Waals surface area contributed by atoms with Gasteiger partial charge in [0, 0.05) is 30.9 Å². The minimum Gasteiger partial charge on any atom is -0.355 e. The largest absolute Gasteiger partial charge is 0.355 e. The predicted molar refractivity (Wildman–Crippen MR) is 100 cm³/mol. The van der Waals surface area contributed by atoms with Gasteiger partial charge in [0.25, 0.3) is 0 Å². The first-order chi connectivity index (χ1) is 12.1. The number of hydrogen-bond acceptors (Lipinski definition) is 5. The highest BCUT2D eigenvalue weighted by Crippen LogP contribution is 2.19. The van der Waals surface area contributed by atoms with Crippen molar-refractivity contribution in [1.29, 1.82) is 0 Å². The van der Waals surface area contributed by atoms with Crippen molar-refractivity contribution in [3.63, 3.8) is 0 Å². The maximum atomic E-state index is 11.3. The standard InChI is InChI=1S/C20H20N4O/c1-15(25)17-8-10-18(11-9-17)23-19-12-20(22-14-21-19)24(2)13-16-6-4-3-5-7-16/h3-12,14H,13H2,1-2H3,(H,21,22,23). The number of carbonyl (C=O) groups is 1. The molecule has 1 N–H and O–H groups in total. The van der Waals surface area contributed by atoms with Crippen molar-refractivity contribution >= 4 is 23.1 Å². The van der Waals surface area contributed by atoms with Crippen LogP contribution < -0.4 is 10.2 Å². The molecule has 0 unspecified atom stereocenters. The summed E-state index contributed by atoms with van der Waals surface area (Å²) in [5.41, 5.74) is 2.79. The lowest BCUT2D eigenvalue weighted by atomic mass is 10.1. The molecule has 0 aliphatic rings. The van der Waals surface area contributed by atoms with E-state index in [0.717, 1.165) is 18.1 Å². The number of ketones is 1. The second-order valence-corrected chi connectivity index (χ2v) is 5.86. The Hall–Kier alpha value is -3.21. The first-order valence-electron chi connectivity index (χ1n) is 8.07. The number of nitrogens with one attached hydrogen (secondary N) is 1. The van der Waals surface area contributed by atoms with Crippen LogP contribution in [0.15, 0.2) is 67.0 Å². The van der Waals surface area contributed by atoms with E-state index >= 15 is 0 Å². The summed E-state index contributed by atoms with van der Waals surface area (Å²) in [6, 6.07) is 19.5. The second kappa shape index (κ2) is 7.57. The maximum absolute atomic E-state index is 11.3. The Kier molecular flexibility index (Phi) is 5.04. The Balaban J connectivity index is 1.71. The fourth-order valence-electron chi connectivity index (χ4n) is 2.50. The van der Waals surface area contributed by atoms with Crippen LogP contribution in [0.1, 0.15) is 22.8 Å². The summed E-state index contributed by atoms with van der Waals surface area (Å²) < 4.78 is 0. The quantitative estimate of drug-likeness (QED) is 0.690. The SMILES string of the molecule is CC(=O)c1ccc(Nc2cc(N(C)Cc3ccccc3)ncn2)cc1. The van der Waals surface area contributed by atoms with E-state index in [0.29, 0.717) is 11.4 Å². The highest BCUT2D eigenvalue weighted by molar-refractivity contribution is 5.94. The van der Waals surface area contributed by atoms with E-state index in [2.05, 4.69) is 32.3 Å². The van der Waals surface area contributed by atoms with Crippen LogP contribution in [0.2, 0.25) is 0 Å². The topological polar surface area (TPSA) is 58.1 Å². The number of benzene rings is 2. The van der Waals surface area contributed by atoms with Gasteiger partial charge >= 0.3 is 0 Å². The molecule has 5 nitrogen and oxygen atoms in total. The van der Waals surface area contributed by atoms with Gasteiger partial charge < -0.3 is 10.2 Å². The Bertz CT molecular complexity index is 847. The van der Waals surface area contributed by atoms with E-state index in [1.165, 1.54) is 5.56 Å². The zero-order valence-electron chi connectivity index (χ0n) is 14.3. The summed E-state index contributed by atoms with van der Waals surface area (Å²) in [5, 5.41) is 3.24. The second-order valence-electron chi connectivity index (χ2n) is 5.86. The monoisotopic (exact) mass is 332 g/mol. The van der Waals surface area contributed by atoms with E-state index in [1.807, 2.05) is 43.4 Å². The van der Waals surface area contributed by atoms with Crippen LogP contribution in [0, 0.1) is 0 Å². The van der Waals surface area contributed by atoms with Crippen LogP contribution in [0.5, 0.6) is 0 Å². The van der Waals surface area contributed by atoms with Crippen molar-refractivity contribution in [1.82, 2.24) is 9.97 Å². The molecule has 0 aliphatic carbocycles. The van der Waals surface area contributed by atoms with Crippen LogP contribution >= 0.6 is 0 Å². The molecule has 0 atom stereocenters. The zero-order valence-corrected chi connectivity index (χ0v) is 14.3. The summed E-state index contributed by atoms with van der Waals surface area (Å²) in [6.07, 6.45) is 1.54. The molecule has 25 heavy (non-hydrogen) atoms. The maximum Gasteiger partial charge on any atom is 0.159 e. The van der Waals surface area contributed by atoms with Crippen molar-refractivity contribution in [2.45, 2.75) is 13.5 Å². The number of aromatic nitrogens is 2. The lowest BCUT2D eigenvalue weighted by Gasteiger charge is -2.18. The molecular formula is C20H20N4O. The van der Waals surface area contributed by atoms with Gasteiger partial charge in [0.15, 0.2) is 5.78 Å². The van der Waals surface area contributed by atoms with Crippen LogP contribution in [0.25, 0.3) is 0 Å². The van der Waals surface area contributed by atoms with Gasteiger partial charge in [0.1, 0.15) is 18.0 Å². The number of rotatable bonds is 6. The highest BCUT2D eigenvalue weighted by Gasteiger charge is 2.06. The Morgan fingerprint density at radius 1 is 1.04 bits per heavy atom. The fourth-order valence-corrected chi connectivity index (χ4v) is 2.50. The average Bonchev–Trinajstić information content (AvgIpc) is 2.63. The third-order valence-corrected chi connectivity index (χ3v) is 3.87. The molecule has 5 heteroatoms. The number of anilines is 3. The van der Waals surface area contributed by atoms with E-state index in [9.17, 15) is 4.79 Å². The molecule has 1 aromatic heterocycles. The number of carbonyl (C=O) groups excluding carboxylic acids is 1. The Morgan fingerprint density at radius 2 is 1.76 bits per heavy atom. The number of nitrogens with zero attached hydrogens (tertiary/aromatic N) is 3. The van der Waals surface area contributed by atoms with Crippen molar-refractivity contribution < 1.29 is 4.79 Å². The van der Waals surface area contributed by atoms with Gasteiger partial charge in [-0.05, 0) is 36.8 Å². The van der Waals surface area contributed by atoms with E-state index in [1.54, 1.807) is 25.4 Å². The molecule has 0 saturated heterocycles. The van der Waals surface area contributed by atoms with Gasteiger partial charge in [-0.25, -0.2) is 9.97 Å². The van der Waals surface area contributed by atoms with Crippen LogP contribution in [-0.4, -0.2) is 22.8 Å². The molecule has 0 amide bonds. The van der Waals surface area contributed by atoms with Gasteiger partial charge in [0.05, 0.1) is 0 Å². The molecule has 0 radical (unpaired) electrons. The van der Waals surface area contributed by atoms with E-state index in [-0.39, 0.29) is 5.78 Å². The molecule has 2 aromatic carbocycles. The molecule has 0 bridgehead atoms. The van der Waals surface area contributed by atoms with Crippen molar-refractivity contribution in [2.24, 2.45) is 0 Å². The number of Topliss-reactive ketones (excluding diaryl/α,β-unsaturated/α-hetero) is 1. The van der Waals surface area contributed by atoms with E-state index in [4.69, 9.17) is 0 Å². The van der Waals surface area contributed by atoms with Crippen molar-refractivity contribution in [3.8, 4) is 0 Å². The summed E-state index contributed by atoms with van der Waals surface area (Å²) in [4.78, 5) is 22.0. The molecule has 3 aromatic rings. The first kappa shape index (κ1) is 16.6. The smallest absolute Gasteiger partial charge is 0.159 e. The molecule has 0 fully saturated rings. The predicted octanol–water partition coefficient (Wildman–Crippen LogP) is 4.06. The van der Waals surface area contributed by atoms with Gasteiger partial charge in [-0.3, -0.25) is 4.79 Å². The van der Waals surface area contributed by atoms with Crippen LogP contribution in [0.3, 0.4) is 0 Å². The van der Waals surface area contributed by atoms with Gasteiger partial charge in [-0.15, -0.1) is 0 Å².